The van der Waals surface area contributed by atoms with Crippen molar-refractivity contribution in [1.29, 1.82) is 0 Å². The maximum Gasteiger partial charge on any atom is 0.235 e. The van der Waals surface area contributed by atoms with Crippen LogP contribution in [0.1, 0.15) is 20.7 Å². The summed E-state index contributed by atoms with van der Waals surface area (Å²) in [5.74, 6) is -0.981. The molecule has 0 unspecified atom stereocenters. The molecular formula is C18H16N2O2. The number of Topliss-reactive ketones (excluding diaryl/α,β-unsaturated/α-hetero) is 2. The van der Waals surface area contributed by atoms with Gasteiger partial charge in [0.15, 0.2) is 0 Å². The highest BCUT2D eigenvalue weighted by Crippen LogP contribution is 2.20. The molecule has 4 nitrogen and oxygen atoms in total. The Labute approximate surface area is 128 Å². The van der Waals surface area contributed by atoms with Crippen molar-refractivity contribution in [3.8, 4) is 0 Å². The highest BCUT2D eigenvalue weighted by atomic mass is 16.2. The first-order valence-corrected chi connectivity index (χ1v) is 7.00. The lowest BCUT2D eigenvalue weighted by Crippen LogP contribution is -2.14. The summed E-state index contributed by atoms with van der Waals surface area (Å²) < 4.78 is 0. The molecule has 0 aliphatic rings. The molecule has 0 aliphatic carbocycles. The van der Waals surface area contributed by atoms with Gasteiger partial charge in [-0.15, -0.1) is 0 Å². The van der Waals surface area contributed by atoms with E-state index in [1.807, 2.05) is 55.4 Å². The van der Waals surface area contributed by atoms with E-state index in [1.54, 1.807) is 18.3 Å². The third-order valence-corrected chi connectivity index (χ3v) is 3.69. The molecule has 1 N–H and O–H groups in total. The van der Waals surface area contributed by atoms with Gasteiger partial charge in [0.25, 0.3) is 0 Å². The first-order chi connectivity index (χ1) is 10.6. The van der Waals surface area contributed by atoms with Gasteiger partial charge in [-0.1, -0.05) is 18.2 Å². The molecule has 3 rings (SSSR count). The number of hydrogen-bond acceptors (Lipinski definition) is 3. The molecular weight excluding hydrogens is 276 g/mol. The zero-order chi connectivity index (χ0) is 15.7. The van der Waals surface area contributed by atoms with Crippen LogP contribution in [0.15, 0.2) is 54.7 Å². The lowest BCUT2D eigenvalue weighted by atomic mass is 10.0. The van der Waals surface area contributed by atoms with Crippen LogP contribution in [0.5, 0.6) is 0 Å². The summed E-state index contributed by atoms with van der Waals surface area (Å²) in [6.45, 7) is 0. The SMILES string of the molecule is CN(C)c1ccc(C(=O)C(=O)c2c[nH]c3ccccc23)cc1. The number of nitrogens with one attached hydrogen (secondary N) is 1. The highest BCUT2D eigenvalue weighted by Gasteiger charge is 2.21. The van der Waals surface area contributed by atoms with Crippen LogP contribution in [0.3, 0.4) is 0 Å². The number of ketones is 2. The summed E-state index contributed by atoms with van der Waals surface area (Å²) in [6, 6.07) is 14.5. The summed E-state index contributed by atoms with van der Waals surface area (Å²) in [7, 11) is 3.85. The predicted octanol–water partition coefficient (Wildman–Crippen LogP) is 3.30. The van der Waals surface area contributed by atoms with Gasteiger partial charge < -0.3 is 9.88 Å². The highest BCUT2D eigenvalue weighted by molar-refractivity contribution is 6.50. The summed E-state index contributed by atoms with van der Waals surface area (Å²) in [5.41, 5.74) is 2.65. The van der Waals surface area contributed by atoms with Gasteiger partial charge in [0, 0.05) is 42.4 Å². The lowest BCUT2D eigenvalue weighted by Gasteiger charge is -2.12. The van der Waals surface area contributed by atoms with Crippen molar-refractivity contribution in [2.24, 2.45) is 0 Å². The van der Waals surface area contributed by atoms with Crippen LogP contribution < -0.4 is 4.90 Å². The van der Waals surface area contributed by atoms with Crippen LogP contribution in [-0.2, 0) is 0 Å². The number of hydrogen-bond donors (Lipinski definition) is 1. The molecule has 0 saturated heterocycles. The van der Waals surface area contributed by atoms with Crippen molar-refractivity contribution in [2.45, 2.75) is 0 Å². The fraction of sp³-hybridized carbons (Fsp3) is 0.111. The minimum atomic E-state index is -0.491. The van der Waals surface area contributed by atoms with Crippen LogP contribution in [0.25, 0.3) is 10.9 Å². The van der Waals surface area contributed by atoms with Gasteiger partial charge >= 0.3 is 0 Å². The van der Waals surface area contributed by atoms with Gasteiger partial charge in [0.05, 0.1) is 5.56 Å². The normalized spacial score (nSPS) is 10.6. The average Bonchev–Trinajstić information content (AvgIpc) is 2.97. The average molecular weight is 292 g/mol. The number of para-hydroxylation sites is 1. The monoisotopic (exact) mass is 292 g/mol. The van der Waals surface area contributed by atoms with E-state index in [0.29, 0.717) is 11.1 Å². The van der Waals surface area contributed by atoms with Crippen molar-refractivity contribution >= 4 is 28.2 Å². The minimum absolute atomic E-state index is 0.404. The molecule has 0 bridgehead atoms. The fourth-order valence-corrected chi connectivity index (χ4v) is 2.42. The minimum Gasteiger partial charge on any atom is -0.378 e. The van der Waals surface area contributed by atoms with Gasteiger partial charge in [-0.2, -0.15) is 0 Å². The Kier molecular flexibility index (Phi) is 3.51. The van der Waals surface area contributed by atoms with Crippen LogP contribution in [0.2, 0.25) is 0 Å². The summed E-state index contributed by atoms with van der Waals surface area (Å²) >= 11 is 0. The number of H-pyrrole nitrogens is 1. The molecule has 1 heterocycles. The number of benzene rings is 2. The van der Waals surface area contributed by atoms with Crippen molar-refractivity contribution in [3.63, 3.8) is 0 Å². The fourth-order valence-electron chi connectivity index (χ4n) is 2.42. The van der Waals surface area contributed by atoms with Crippen molar-refractivity contribution in [1.82, 2.24) is 4.98 Å². The van der Waals surface area contributed by atoms with Crippen LogP contribution in [-0.4, -0.2) is 30.6 Å². The molecule has 1 aromatic heterocycles. The Balaban J connectivity index is 1.93. The van der Waals surface area contributed by atoms with Crippen molar-refractivity contribution in [2.75, 3.05) is 19.0 Å². The smallest absolute Gasteiger partial charge is 0.235 e. The van der Waals surface area contributed by atoms with Gasteiger partial charge in [0.2, 0.25) is 11.6 Å². The third kappa shape index (κ3) is 2.39. The lowest BCUT2D eigenvalue weighted by molar-refractivity contribution is 0.0818. The first-order valence-electron chi connectivity index (χ1n) is 7.00. The molecule has 0 atom stereocenters. The summed E-state index contributed by atoms with van der Waals surface area (Å²) in [6.07, 6.45) is 1.60. The summed E-state index contributed by atoms with van der Waals surface area (Å²) in [4.78, 5) is 29.8. The molecule has 0 aliphatic heterocycles. The van der Waals surface area contributed by atoms with E-state index < -0.39 is 11.6 Å². The number of nitrogens with zero attached hydrogens (tertiary/aromatic N) is 1. The van der Waals surface area contributed by atoms with Crippen molar-refractivity contribution in [3.05, 3.63) is 65.9 Å². The number of aromatic amines is 1. The number of anilines is 1. The zero-order valence-electron chi connectivity index (χ0n) is 12.5. The largest absolute Gasteiger partial charge is 0.378 e. The van der Waals surface area contributed by atoms with Crippen molar-refractivity contribution < 1.29 is 9.59 Å². The maximum absolute atomic E-state index is 12.5. The second-order valence-corrected chi connectivity index (χ2v) is 5.35. The second kappa shape index (κ2) is 5.48. The van der Waals surface area contributed by atoms with E-state index in [4.69, 9.17) is 0 Å². The molecule has 22 heavy (non-hydrogen) atoms. The maximum atomic E-state index is 12.5. The Morgan fingerprint density at radius 2 is 1.59 bits per heavy atom. The molecule has 3 aromatic rings. The predicted molar refractivity (Wildman–Crippen MR) is 87.7 cm³/mol. The molecule has 0 amide bonds. The van der Waals surface area contributed by atoms with Gasteiger partial charge in [0.1, 0.15) is 0 Å². The first kappa shape index (κ1) is 14.1. The molecule has 0 fully saturated rings. The Hall–Kier alpha value is -2.88. The number of carbonyl (C=O) groups is 2. The Morgan fingerprint density at radius 3 is 2.27 bits per heavy atom. The number of carbonyl (C=O) groups excluding carboxylic acids is 2. The second-order valence-electron chi connectivity index (χ2n) is 5.35. The number of fused-ring (bicyclic) bond motifs is 1. The number of rotatable bonds is 4. The molecule has 0 radical (unpaired) electrons. The Morgan fingerprint density at radius 1 is 0.909 bits per heavy atom. The standard InChI is InChI=1S/C18H16N2O2/c1-20(2)13-9-7-12(8-10-13)17(21)18(22)15-11-19-16-6-4-3-5-14(15)16/h3-11,19H,1-2H3. The van der Waals surface area contributed by atoms with E-state index in [1.165, 1.54) is 0 Å². The third-order valence-electron chi connectivity index (χ3n) is 3.69. The molecule has 2 aromatic carbocycles. The van der Waals surface area contributed by atoms with Gasteiger partial charge in [-0.05, 0) is 30.3 Å². The molecule has 0 saturated carbocycles. The van der Waals surface area contributed by atoms with E-state index in [0.717, 1.165) is 16.6 Å². The van der Waals surface area contributed by atoms with Crippen LogP contribution in [0, 0.1) is 0 Å². The van der Waals surface area contributed by atoms with E-state index in [9.17, 15) is 9.59 Å². The topological polar surface area (TPSA) is 53.2 Å². The molecule has 110 valence electrons. The van der Waals surface area contributed by atoms with Gasteiger partial charge in [-0.3, -0.25) is 9.59 Å². The summed E-state index contributed by atoms with van der Waals surface area (Å²) in [5, 5.41) is 0.769. The van der Waals surface area contributed by atoms with E-state index >= 15 is 0 Å². The quantitative estimate of drug-likeness (QED) is 0.593. The molecule has 4 heteroatoms. The number of aromatic nitrogens is 1. The Bertz CT molecular complexity index is 845. The van der Waals surface area contributed by atoms with Crippen LogP contribution in [0.4, 0.5) is 5.69 Å². The van der Waals surface area contributed by atoms with Crippen LogP contribution >= 0.6 is 0 Å². The van der Waals surface area contributed by atoms with E-state index in [2.05, 4.69) is 4.98 Å². The van der Waals surface area contributed by atoms with E-state index in [-0.39, 0.29) is 0 Å². The van der Waals surface area contributed by atoms with Gasteiger partial charge in [-0.25, -0.2) is 0 Å². The zero-order valence-corrected chi connectivity index (χ0v) is 12.5. The molecule has 0 spiro atoms.